The van der Waals surface area contributed by atoms with Crippen LogP contribution < -0.4 is 5.32 Å². The van der Waals surface area contributed by atoms with Crippen LogP contribution in [0.15, 0.2) is 0 Å². The molecule has 1 fully saturated rings. The second-order valence-corrected chi connectivity index (χ2v) is 3.24. The average molecular weight is 201 g/mol. The molecule has 1 aliphatic heterocycles. The van der Waals surface area contributed by atoms with Crippen LogP contribution in [-0.4, -0.2) is 66.7 Å². The first kappa shape index (κ1) is 10.9. The highest BCUT2D eigenvalue weighted by Gasteiger charge is 2.26. The van der Waals surface area contributed by atoms with Crippen LogP contribution in [0, 0.1) is 0 Å². The van der Waals surface area contributed by atoms with Crippen LogP contribution in [0.1, 0.15) is 0 Å². The van der Waals surface area contributed by atoms with Crippen LogP contribution in [0.3, 0.4) is 0 Å². The minimum atomic E-state index is -0.326. The Morgan fingerprint density at radius 2 is 2.43 bits per heavy atom. The fourth-order valence-electron chi connectivity index (χ4n) is 1.28. The lowest BCUT2D eigenvalue weighted by Crippen LogP contribution is -2.41. The molecule has 6 heteroatoms. The van der Waals surface area contributed by atoms with Gasteiger partial charge in [0, 0.05) is 19.6 Å². The third-order valence-corrected chi connectivity index (χ3v) is 2.04. The first-order valence-electron chi connectivity index (χ1n) is 4.52. The molecule has 1 heterocycles. The van der Waals surface area contributed by atoms with Gasteiger partial charge in [0.1, 0.15) is 0 Å². The van der Waals surface area contributed by atoms with Crippen LogP contribution in [0.4, 0.5) is 4.79 Å². The summed E-state index contributed by atoms with van der Waals surface area (Å²) in [6.07, 6.45) is 0. The molecule has 1 rings (SSSR count). The summed E-state index contributed by atoms with van der Waals surface area (Å²) in [5.41, 5.74) is 0. The van der Waals surface area contributed by atoms with Gasteiger partial charge in [0.2, 0.25) is 5.91 Å². The maximum absolute atomic E-state index is 11.5. The molecule has 1 saturated heterocycles. The second-order valence-electron chi connectivity index (χ2n) is 3.24. The molecule has 0 radical (unpaired) electrons. The fourth-order valence-corrected chi connectivity index (χ4v) is 1.28. The lowest BCUT2D eigenvalue weighted by atomic mass is 10.4. The van der Waals surface area contributed by atoms with Crippen LogP contribution in [0.5, 0.6) is 0 Å². The number of rotatable bonds is 4. The smallest absolute Gasteiger partial charge is 0.324 e. The van der Waals surface area contributed by atoms with Crippen molar-refractivity contribution in [2.45, 2.75) is 0 Å². The number of carbonyl (C=O) groups is 2. The van der Waals surface area contributed by atoms with Gasteiger partial charge in [0.05, 0.1) is 13.2 Å². The number of hydrogen-bond donors (Lipinski definition) is 2. The van der Waals surface area contributed by atoms with E-state index < -0.39 is 0 Å². The number of hydrogen-bond acceptors (Lipinski definition) is 4. The average Bonchev–Trinajstić information content (AvgIpc) is 2.51. The molecular formula is C8H15N3O3. The Labute approximate surface area is 82.5 Å². The molecule has 0 aromatic carbocycles. The number of aliphatic hydroxyl groups is 1. The Hall–Kier alpha value is -1.14. The molecule has 80 valence electrons. The highest BCUT2D eigenvalue weighted by molar-refractivity contribution is 5.96. The minimum absolute atomic E-state index is 0.00990. The summed E-state index contributed by atoms with van der Waals surface area (Å²) in [5.74, 6) is -0.226. The van der Waals surface area contributed by atoms with Crippen molar-refractivity contribution in [2.75, 3.05) is 39.8 Å². The van der Waals surface area contributed by atoms with Crippen molar-refractivity contribution in [1.82, 2.24) is 15.1 Å². The quantitative estimate of drug-likeness (QED) is 0.578. The standard InChI is InChI=1S/C8H15N3O3/c1-10(4-5-12)6-7(13)11-3-2-9-8(11)14/h12H,2-6H2,1H3,(H,9,14). The molecule has 0 aliphatic carbocycles. The van der Waals surface area contributed by atoms with Gasteiger partial charge in [-0.3, -0.25) is 14.6 Å². The van der Waals surface area contributed by atoms with E-state index in [0.717, 1.165) is 0 Å². The Balaban J connectivity index is 2.37. The number of aliphatic hydroxyl groups excluding tert-OH is 1. The van der Waals surface area contributed by atoms with E-state index in [2.05, 4.69) is 5.32 Å². The molecule has 0 unspecified atom stereocenters. The summed E-state index contributed by atoms with van der Waals surface area (Å²) in [6.45, 7) is 1.56. The van der Waals surface area contributed by atoms with E-state index in [1.807, 2.05) is 0 Å². The van der Waals surface area contributed by atoms with E-state index >= 15 is 0 Å². The third kappa shape index (κ3) is 2.68. The highest BCUT2D eigenvalue weighted by Crippen LogP contribution is 1.98. The molecule has 14 heavy (non-hydrogen) atoms. The molecule has 0 spiro atoms. The van der Waals surface area contributed by atoms with E-state index in [-0.39, 0.29) is 25.1 Å². The molecule has 1 aliphatic rings. The van der Waals surface area contributed by atoms with Crippen molar-refractivity contribution in [1.29, 1.82) is 0 Å². The van der Waals surface area contributed by atoms with Gasteiger partial charge in [0.15, 0.2) is 0 Å². The van der Waals surface area contributed by atoms with Crippen LogP contribution in [0.25, 0.3) is 0 Å². The maximum Gasteiger partial charge on any atom is 0.324 e. The van der Waals surface area contributed by atoms with E-state index in [9.17, 15) is 9.59 Å². The van der Waals surface area contributed by atoms with Gasteiger partial charge in [-0.15, -0.1) is 0 Å². The number of amides is 3. The zero-order valence-corrected chi connectivity index (χ0v) is 8.19. The lowest BCUT2D eigenvalue weighted by molar-refractivity contribution is -0.128. The van der Waals surface area contributed by atoms with Crippen LogP contribution in [-0.2, 0) is 4.79 Å². The zero-order chi connectivity index (χ0) is 10.6. The predicted molar refractivity (Wildman–Crippen MR) is 49.7 cm³/mol. The van der Waals surface area contributed by atoms with Gasteiger partial charge in [-0.2, -0.15) is 0 Å². The molecule has 6 nitrogen and oxygen atoms in total. The summed E-state index contributed by atoms with van der Waals surface area (Å²) in [5, 5.41) is 11.2. The van der Waals surface area contributed by atoms with Crippen molar-refractivity contribution in [3.8, 4) is 0 Å². The normalized spacial score (nSPS) is 16.2. The molecule has 3 amide bonds. The number of nitrogens with one attached hydrogen (secondary N) is 1. The number of likely N-dealkylation sites (N-methyl/N-ethyl adjacent to an activating group) is 1. The van der Waals surface area contributed by atoms with Gasteiger partial charge in [0.25, 0.3) is 0 Å². The van der Waals surface area contributed by atoms with E-state index in [1.165, 1.54) is 4.90 Å². The van der Waals surface area contributed by atoms with Gasteiger partial charge in [-0.05, 0) is 7.05 Å². The summed E-state index contributed by atoms with van der Waals surface area (Å²) in [4.78, 5) is 25.4. The summed E-state index contributed by atoms with van der Waals surface area (Å²) < 4.78 is 0. The predicted octanol–water partition coefficient (Wildman–Crippen LogP) is -1.54. The Kier molecular flexibility index (Phi) is 3.84. The molecule has 0 aromatic rings. The zero-order valence-electron chi connectivity index (χ0n) is 8.19. The first-order valence-corrected chi connectivity index (χ1v) is 4.52. The van der Waals surface area contributed by atoms with Crippen LogP contribution >= 0.6 is 0 Å². The van der Waals surface area contributed by atoms with Crippen molar-refractivity contribution in [3.05, 3.63) is 0 Å². The minimum Gasteiger partial charge on any atom is -0.395 e. The Bertz CT molecular complexity index is 232. The summed E-state index contributed by atoms with van der Waals surface area (Å²) in [6, 6.07) is -0.326. The van der Waals surface area contributed by atoms with E-state index in [4.69, 9.17) is 5.11 Å². The molecule has 0 atom stereocenters. The largest absolute Gasteiger partial charge is 0.395 e. The molecular weight excluding hydrogens is 186 g/mol. The monoisotopic (exact) mass is 201 g/mol. The molecule has 2 N–H and O–H groups in total. The fraction of sp³-hybridized carbons (Fsp3) is 0.750. The van der Waals surface area contributed by atoms with Crippen molar-refractivity contribution < 1.29 is 14.7 Å². The van der Waals surface area contributed by atoms with Crippen molar-refractivity contribution in [2.24, 2.45) is 0 Å². The molecule has 0 aromatic heterocycles. The Morgan fingerprint density at radius 3 is 2.93 bits per heavy atom. The molecule has 0 bridgehead atoms. The second kappa shape index (κ2) is 4.92. The Morgan fingerprint density at radius 1 is 1.71 bits per heavy atom. The van der Waals surface area contributed by atoms with Crippen molar-refractivity contribution in [3.63, 3.8) is 0 Å². The number of carbonyl (C=O) groups excluding carboxylic acids is 2. The van der Waals surface area contributed by atoms with Crippen LogP contribution in [0.2, 0.25) is 0 Å². The lowest BCUT2D eigenvalue weighted by Gasteiger charge is -2.18. The van der Waals surface area contributed by atoms with Gasteiger partial charge >= 0.3 is 6.03 Å². The van der Waals surface area contributed by atoms with Crippen molar-refractivity contribution >= 4 is 11.9 Å². The number of imide groups is 1. The summed E-state index contributed by atoms with van der Waals surface area (Å²) >= 11 is 0. The molecule has 0 saturated carbocycles. The van der Waals surface area contributed by atoms with E-state index in [1.54, 1.807) is 11.9 Å². The topological polar surface area (TPSA) is 72.9 Å². The SMILES string of the molecule is CN(CCO)CC(=O)N1CCNC1=O. The van der Waals surface area contributed by atoms with Gasteiger partial charge in [-0.1, -0.05) is 0 Å². The summed E-state index contributed by atoms with van der Waals surface area (Å²) in [7, 11) is 1.72. The van der Waals surface area contributed by atoms with E-state index in [0.29, 0.717) is 19.6 Å². The third-order valence-electron chi connectivity index (χ3n) is 2.04. The number of urea groups is 1. The number of nitrogens with zero attached hydrogens (tertiary/aromatic N) is 2. The first-order chi connectivity index (χ1) is 6.65. The van der Waals surface area contributed by atoms with Gasteiger partial charge < -0.3 is 10.4 Å². The van der Waals surface area contributed by atoms with Gasteiger partial charge in [-0.25, -0.2) is 4.79 Å². The maximum atomic E-state index is 11.5. The highest BCUT2D eigenvalue weighted by atomic mass is 16.3.